The molecule has 0 fully saturated rings. The van der Waals surface area contributed by atoms with E-state index in [1.807, 2.05) is 0 Å². The molecule has 0 aromatic heterocycles. The first-order valence-electron chi connectivity index (χ1n) is 11.3. The van der Waals surface area contributed by atoms with Crippen molar-refractivity contribution in [3.63, 3.8) is 0 Å². The van der Waals surface area contributed by atoms with Gasteiger partial charge in [-0.25, -0.2) is 4.79 Å². The maximum atomic E-state index is 13.0. The minimum atomic E-state index is -1.36. The third-order valence-electron chi connectivity index (χ3n) is 5.14. The number of amides is 3. The van der Waals surface area contributed by atoms with Crippen LogP contribution >= 0.6 is 0 Å². The van der Waals surface area contributed by atoms with E-state index in [2.05, 4.69) is 16.0 Å². The van der Waals surface area contributed by atoms with Crippen LogP contribution in [0.5, 0.6) is 5.75 Å². The molecular formula is C23H34N4O9. The highest BCUT2D eigenvalue weighted by atomic mass is 16.4. The Morgan fingerprint density at radius 2 is 1.39 bits per heavy atom. The fourth-order valence-corrected chi connectivity index (χ4v) is 3.21. The molecule has 1 aromatic carbocycles. The number of rotatable bonds is 15. The second-order valence-corrected chi connectivity index (χ2v) is 8.74. The van der Waals surface area contributed by atoms with E-state index >= 15 is 0 Å². The molecule has 200 valence electrons. The van der Waals surface area contributed by atoms with Gasteiger partial charge in [0.25, 0.3) is 0 Å². The number of phenols is 1. The molecule has 0 spiro atoms. The van der Waals surface area contributed by atoms with Crippen molar-refractivity contribution in [1.82, 2.24) is 16.0 Å². The van der Waals surface area contributed by atoms with Crippen molar-refractivity contribution < 1.29 is 44.4 Å². The summed E-state index contributed by atoms with van der Waals surface area (Å²) >= 11 is 0. The number of carbonyl (C=O) groups is 5. The first-order chi connectivity index (χ1) is 16.8. The molecule has 0 heterocycles. The fraction of sp³-hybridized carbons (Fsp3) is 0.522. The normalized spacial score (nSPS) is 14.2. The number of phenolic OH excluding ortho intramolecular Hbond substituents is 1. The van der Waals surface area contributed by atoms with Crippen molar-refractivity contribution in [2.24, 2.45) is 11.7 Å². The van der Waals surface area contributed by atoms with Gasteiger partial charge in [0.15, 0.2) is 0 Å². The first kappa shape index (κ1) is 30.3. The van der Waals surface area contributed by atoms with Crippen molar-refractivity contribution in [1.29, 1.82) is 0 Å². The van der Waals surface area contributed by atoms with Crippen LogP contribution in [0.15, 0.2) is 24.3 Å². The van der Waals surface area contributed by atoms with Gasteiger partial charge in [-0.1, -0.05) is 26.0 Å². The Labute approximate surface area is 208 Å². The number of carboxylic acids is 2. The van der Waals surface area contributed by atoms with Crippen molar-refractivity contribution in [3.05, 3.63) is 29.8 Å². The average Bonchev–Trinajstić information content (AvgIpc) is 2.80. The number of nitrogens with one attached hydrogen (secondary N) is 3. The van der Waals surface area contributed by atoms with Crippen molar-refractivity contribution >= 4 is 29.7 Å². The lowest BCUT2D eigenvalue weighted by Gasteiger charge is -2.26. The third kappa shape index (κ3) is 10.7. The Morgan fingerprint density at radius 3 is 1.89 bits per heavy atom. The molecule has 0 bridgehead atoms. The van der Waals surface area contributed by atoms with Crippen molar-refractivity contribution in [3.8, 4) is 5.75 Å². The summed E-state index contributed by atoms with van der Waals surface area (Å²) in [6.45, 7) is 2.86. The summed E-state index contributed by atoms with van der Waals surface area (Å²) in [7, 11) is 0. The number of nitrogens with two attached hydrogens (primary N) is 1. The van der Waals surface area contributed by atoms with Crippen LogP contribution in [0.3, 0.4) is 0 Å². The number of aliphatic hydroxyl groups is 1. The maximum absolute atomic E-state index is 13.0. The van der Waals surface area contributed by atoms with E-state index in [-0.39, 0.29) is 30.9 Å². The minimum Gasteiger partial charge on any atom is -0.508 e. The molecular weight excluding hydrogens is 476 g/mol. The van der Waals surface area contributed by atoms with Crippen LogP contribution in [0.1, 0.15) is 38.7 Å². The zero-order valence-electron chi connectivity index (χ0n) is 20.1. The van der Waals surface area contributed by atoms with Gasteiger partial charge in [-0.2, -0.15) is 0 Å². The van der Waals surface area contributed by atoms with Crippen LogP contribution in [-0.4, -0.2) is 80.9 Å². The first-order valence-corrected chi connectivity index (χ1v) is 11.3. The van der Waals surface area contributed by atoms with E-state index in [4.69, 9.17) is 15.9 Å². The molecule has 0 radical (unpaired) electrons. The Morgan fingerprint density at radius 1 is 0.861 bits per heavy atom. The number of hydrogen-bond donors (Lipinski definition) is 8. The molecule has 0 aliphatic carbocycles. The van der Waals surface area contributed by atoms with E-state index in [1.165, 1.54) is 24.3 Å². The number of hydrogen-bond acceptors (Lipinski definition) is 8. The van der Waals surface area contributed by atoms with Crippen molar-refractivity contribution in [2.75, 3.05) is 6.61 Å². The lowest BCUT2D eigenvalue weighted by atomic mass is 10.0. The number of aliphatic hydroxyl groups excluding tert-OH is 1. The molecule has 0 saturated heterocycles. The molecule has 36 heavy (non-hydrogen) atoms. The zero-order chi connectivity index (χ0) is 27.4. The van der Waals surface area contributed by atoms with E-state index in [9.17, 15) is 34.2 Å². The van der Waals surface area contributed by atoms with Crippen LogP contribution in [0.4, 0.5) is 0 Å². The molecule has 0 saturated carbocycles. The highest BCUT2D eigenvalue weighted by Gasteiger charge is 2.31. The van der Waals surface area contributed by atoms with Gasteiger partial charge in [-0.3, -0.25) is 19.2 Å². The van der Waals surface area contributed by atoms with Crippen LogP contribution in [-0.2, 0) is 30.4 Å². The number of benzene rings is 1. The highest BCUT2D eigenvalue weighted by molar-refractivity contribution is 5.94. The van der Waals surface area contributed by atoms with Crippen LogP contribution in [0, 0.1) is 5.92 Å². The number of aromatic hydroxyl groups is 1. The Kier molecular flexibility index (Phi) is 12.3. The molecule has 1 aromatic rings. The van der Waals surface area contributed by atoms with Gasteiger partial charge in [-0.05, 0) is 36.5 Å². The Hall–Kier alpha value is -3.71. The van der Waals surface area contributed by atoms with E-state index < -0.39 is 66.9 Å². The zero-order valence-corrected chi connectivity index (χ0v) is 20.1. The van der Waals surface area contributed by atoms with E-state index in [0.29, 0.717) is 5.56 Å². The van der Waals surface area contributed by atoms with Gasteiger partial charge in [-0.15, -0.1) is 0 Å². The lowest BCUT2D eigenvalue weighted by molar-refractivity contribution is -0.142. The largest absolute Gasteiger partial charge is 0.508 e. The second-order valence-electron chi connectivity index (χ2n) is 8.74. The topological polar surface area (TPSA) is 228 Å². The molecule has 3 amide bonds. The van der Waals surface area contributed by atoms with Gasteiger partial charge >= 0.3 is 11.9 Å². The van der Waals surface area contributed by atoms with Gasteiger partial charge in [0.05, 0.1) is 6.61 Å². The van der Waals surface area contributed by atoms with Gasteiger partial charge < -0.3 is 42.1 Å². The summed E-state index contributed by atoms with van der Waals surface area (Å²) in [5.74, 6) is -5.15. The molecule has 4 unspecified atom stereocenters. The van der Waals surface area contributed by atoms with Crippen LogP contribution in [0.2, 0.25) is 0 Å². The summed E-state index contributed by atoms with van der Waals surface area (Å²) in [6, 6.07) is 0.568. The number of aliphatic carboxylic acids is 2. The van der Waals surface area contributed by atoms with Crippen molar-refractivity contribution in [2.45, 2.75) is 63.7 Å². The third-order valence-corrected chi connectivity index (χ3v) is 5.14. The molecule has 1 rings (SSSR count). The average molecular weight is 511 g/mol. The highest BCUT2D eigenvalue weighted by Crippen LogP contribution is 2.12. The number of carbonyl (C=O) groups excluding carboxylic acids is 3. The summed E-state index contributed by atoms with van der Waals surface area (Å²) in [5, 5.41) is 44.1. The van der Waals surface area contributed by atoms with Gasteiger partial charge in [0.1, 0.15) is 29.9 Å². The smallest absolute Gasteiger partial charge is 0.326 e. The summed E-state index contributed by atoms with van der Waals surface area (Å²) < 4.78 is 0. The second kappa shape index (κ2) is 14.6. The Balaban J connectivity index is 3.02. The van der Waals surface area contributed by atoms with Crippen LogP contribution < -0.4 is 21.7 Å². The molecule has 13 heteroatoms. The van der Waals surface area contributed by atoms with Gasteiger partial charge in [0, 0.05) is 12.8 Å². The molecule has 0 aliphatic heterocycles. The van der Waals surface area contributed by atoms with E-state index in [1.54, 1.807) is 13.8 Å². The SMILES string of the molecule is CC(C)CC(NC(=O)C(CCC(=O)O)NC(=O)C(N)CO)C(=O)NC(Cc1ccc(O)cc1)C(=O)O. The monoisotopic (exact) mass is 510 g/mol. The fourth-order valence-electron chi connectivity index (χ4n) is 3.21. The van der Waals surface area contributed by atoms with Crippen LogP contribution in [0.25, 0.3) is 0 Å². The molecule has 13 nitrogen and oxygen atoms in total. The summed E-state index contributed by atoms with van der Waals surface area (Å²) in [4.78, 5) is 60.7. The predicted molar refractivity (Wildman–Crippen MR) is 127 cm³/mol. The quantitative estimate of drug-likeness (QED) is 0.139. The van der Waals surface area contributed by atoms with E-state index in [0.717, 1.165) is 0 Å². The summed E-state index contributed by atoms with van der Waals surface area (Å²) in [6.07, 6.45) is -0.736. The Bertz CT molecular complexity index is 921. The van der Waals surface area contributed by atoms with Gasteiger partial charge in [0.2, 0.25) is 17.7 Å². The predicted octanol–water partition coefficient (Wildman–Crippen LogP) is -1.30. The molecule has 4 atom stereocenters. The maximum Gasteiger partial charge on any atom is 0.326 e. The summed E-state index contributed by atoms with van der Waals surface area (Å²) in [5.41, 5.74) is 5.99. The minimum absolute atomic E-state index is 0.00106. The molecule has 9 N–H and O–H groups in total. The lowest BCUT2D eigenvalue weighted by Crippen LogP contribution is -2.57. The number of carboxylic acid groups (broad SMARTS) is 2. The standard InChI is InChI=1S/C23H34N4O9/c1-12(2)9-17(22(34)27-18(23(35)36)10-13-3-5-14(29)6-4-13)26-21(33)16(7-8-19(30)31)25-20(32)15(24)11-28/h3-6,12,15-18,28-29H,7-11,24H2,1-2H3,(H,25,32)(H,26,33)(H,27,34)(H,30,31)(H,35,36). The molecule has 0 aliphatic rings.